The topological polar surface area (TPSA) is 47.6 Å². The zero-order valence-electron chi connectivity index (χ0n) is 14.6. The number of nitrogens with one attached hydrogen (secondary N) is 1. The first-order valence-electron chi connectivity index (χ1n) is 8.69. The molecular weight excluding hydrogens is 290 g/mol. The van der Waals surface area contributed by atoms with Crippen LogP contribution in [0, 0.1) is 11.8 Å². The molecule has 0 bridgehead atoms. The summed E-state index contributed by atoms with van der Waals surface area (Å²) in [6.07, 6.45) is 6.03. The molecule has 4 heteroatoms. The van der Waals surface area contributed by atoms with Crippen LogP contribution in [0.25, 0.3) is 0 Å². The summed E-state index contributed by atoms with van der Waals surface area (Å²) in [7, 11) is 1.60. The van der Waals surface area contributed by atoms with Crippen LogP contribution in [0.15, 0.2) is 18.2 Å². The van der Waals surface area contributed by atoms with E-state index in [1.165, 1.54) is 25.7 Å². The molecule has 1 amide bonds. The van der Waals surface area contributed by atoms with Crippen molar-refractivity contribution in [2.75, 3.05) is 20.3 Å². The van der Waals surface area contributed by atoms with E-state index < -0.39 is 0 Å². The first kappa shape index (κ1) is 17.6. The normalized spacial score (nSPS) is 15.0. The van der Waals surface area contributed by atoms with Gasteiger partial charge >= 0.3 is 0 Å². The van der Waals surface area contributed by atoms with E-state index in [0.717, 1.165) is 13.0 Å². The van der Waals surface area contributed by atoms with E-state index in [-0.39, 0.29) is 5.91 Å². The van der Waals surface area contributed by atoms with Crippen LogP contribution in [0.2, 0.25) is 0 Å². The highest BCUT2D eigenvalue weighted by Gasteiger charge is 2.17. The van der Waals surface area contributed by atoms with Gasteiger partial charge < -0.3 is 14.8 Å². The van der Waals surface area contributed by atoms with Crippen LogP contribution in [0.5, 0.6) is 11.5 Å². The van der Waals surface area contributed by atoms with Crippen molar-refractivity contribution in [2.45, 2.75) is 46.0 Å². The Balaban J connectivity index is 1.92. The second-order valence-electron chi connectivity index (χ2n) is 6.76. The molecule has 0 atom stereocenters. The van der Waals surface area contributed by atoms with E-state index >= 15 is 0 Å². The highest BCUT2D eigenvalue weighted by molar-refractivity contribution is 5.94. The Kier molecular flexibility index (Phi) is 6.75. The van der Waals surface area contributed by atoms with Gasteiger partial charge in [0.05, 0.1) is 13.7 Å². The fourth-order valence-electron chi connectivity index (χ4n) is 2.89. The number of ether oxygens (including phenoxy) is 2. The molecule has 1 aromatic rings. The molecule has 4 nitrogen and oxygen atoms in total. The minimum Gasteiger partial charge on any atom is -0.493 e. The maximum Gasteiger partial charge on any atom is 0.251 e. The molecule has 0 spiro atoms. The van der Waals surface area contributed by atoms with Crippen LogP contribution >= 0.6 is 0 Å². The average Bonchev–Trinajstić information content (AvgIpc) is 3.06. The second kappa shape index (κ2) is 8.80. The van der Waals surface area contributed by atoms with Crippen LogP contribution in [-0.4, -0.2) is 26.2 Å². The van der Waals surface area contributed by atoms with E-state index in [9.17, 15) is 4.79 Å². The van der Waals surface area contributed by atoms with Crippen molar-refractivity contribution in [3.05, 3.63) is 23.8 Å². The summed E-state index contributed by atoms with van der Waals surface area (Å²) < 4.78 is 11.1. The van der Waals surface area contributed by atoms with Gasteiger partial charge in [0.15, 0.2) is 11.5 Å². The van der Waals surface area contributed by atoms with Crippen molar-refractivity contribution < 1.29 is 14.3 Å². The molecule has 0 heterocycles. The molecule has 1 fully saturated rings. The third-order valence-electron chi connectivity index (χ3n) is 4.40. The molecule has 0 aromatic heterocycles. The Morgan fingerprint density at radius 2 is 2.00 bits per heavy atom. The van der Waals surface area contributed by atoms with Gasteiger partial charge in [0.2, 0.25) is 0 Å². The Hall–Kier alpha value is -1.71. The smallest absolute Gasteiger partial charge is 0.251 e. The lowest BCUT2D eigenvalue weighted by Crippen LogP contribution is -2.28. The standard InChI is InChI=1S/C19H29NO3/c1-14(2)10-11-23-17-9-8-16(12-18(17)22-3)19(21)20-13-15-6-4-5-7-15/h8-9,12,14-15H,4-7,10-11,13H2,1-3H3,(H,20,21). The van der Waals surface area contributed by atoms with Gasteiger partial charge in [-0.1, -0.05) is 26.7 Å². The molecule has 1 saturated carbocycles. The van der Waals surface area contributed by atoms with Crippen molar-refractivity contribution >= 4 is 5.91 Å². The summed E-state index contributed by atoms with van der Waals surface area (Å²) >= 11 is 0. The predicted octanol–water partition coefficient (Wildman–Crippen LogP) is 4.04. The minimum atomic E-state index is -0.0380. The van der Waals surface area contributed by atoms with Crippen LogP contribution in [-0.2, 0) is 0 Å². The van der Waals surface area contributed by atoms with Gasteiger partial charge in [-0.05, 0) is 49.3 Å². The van der Waals surface area contributed by atoms with Crippen LogP contribution < -0.4 is 14.8 Å². The second-order valence-corrected chi connectivity index (χ2v) is 6.76. The molecule has 1 aliphatic carbocycles. The van der Waals surface area contributed by atoms with Crippen LogP contribution in [0.1, 0.15) is 56.3 Å². The summed E-state index contributed by atoms with van der Waals surface area (Å²) in [6.45, 7) is 5.76. The number of hydrogen-bond donors (Lipinski definition) is 1. The number of carbonyl (C=O) groups excluding carboxylic acids is 1. The van der Waals surface area contributed by atoms with Crippen molar-refractivity contribution in [2.24, 2.45) is 11.8 Å². The van der Waals surface area contributed by atoms with E-state index in [0.29, 0.717) is 35.5 Å². The Labute approximate surface area is 139 Å². The summed E-state index contributed by atoms with van der Waals surface area (Å²) in [6, 6.07) is 5.38. The molecule has 0 saturated heterocycles. The van der Waals surface area contributed by atoms with E-state index in [1.807, 2.05) is 6.07 Å². The van der Waals surface area contributed by atoms with Crippen molar-refractivity contribution in [3.8, 4) is 11.5 Å². The molecule has 1 N–H and O–H groups in total. The molecule has 23 heavy (non-hydrogen) atoms. The number of amides is 1. The molecule has 2 rings (SSSR count). The molecule has 128 valence electrons. The molecule has 1 aromatic carbocycles. The molecule has 1 aliphatic rings. The third kappa shape index (κ3) is 5.45. The Bertz CT molecular complexity index is 507. The number of carbonyl (C=O) groups is 1. The highest BCUT2D eigenvalue weighted by atomic mass is 16.5. The third-order valence-corrected chi connectivity index (χ3v) is 4.40. The van der Waals surface area contributed by atoms with Crippen LogP contribution in [0.4, 0.5) is 0 Å². The quantitative estimate of drug-likeness (QED) is 0.786. The summed E-state index contributed by atoms with van der Waals surface area (Å²) in [4.78, 5) is 12.3. The summed E-state index contributed by atoms with van der Waals surface area (Å²) in [5.74, 6) is 2.51. The number of methoxy groups -OCH3 is 1. The van der Waals surface area contributed by atoms with E-state index in [4.69, 9.17) is 9.47 Å². The van der Waals surface area contributed by atoms with Crippen molar-refractivity contribution in [1.29, 1.82) is 0 Å². The molecule has 0 unspecified atom stereocenters. The van der Waals surface area contributed by atoms with Gasteiger partial charge in [0.25, 0.3) is 5.91 Å². The maximum atomic E-state index is 12.3. The van der Waals surface area contributed by atoms with Gasteiger partial charge in [-0.3, -0.25) is 4.79 Å². The summed E-state index contributed by atoms with van der Waals surface area (Å²) in [5.41, 5.74) is 0.621. The zero-order valence-corrected chi connectivity index (χ0v) is 14.6. The summed E-state index contributed by atoms with van der Waals surface area (Å²) in [5, 5.41) is 3.03. The lowest BCUT2D eigenvalue weighted by atomic mass is 10.1. The van der Waals surface area contributed by atoms with E-state index in [1.54, 1.807) is 19.2 Å². The van der Waals surface area contributed by atoms with Gasteiger partial charge in [-0.25, -0.2) is 0 Å². The predicted molar refractivity (Wildman–Crippen MR) is 92.2 cm³/mol. The lowest BCUT2D eigenvalue weighted by Gasteiger charge is -2.14. The van der Waals surface area contributed by atoms with Crippen molar-refractivity contribution in [1.82, 2.24) is 5.32 Å². The fraction of sp³-hybridized carbons (Fsp3) is 0.632. The van der Waals surface area contributed by atoms with Gasteiger partial charge in [0, 0.05) is 12.1 Å². The monoisotopic (exact) mass is 319 g/mol. The largest absolute Gasteiger partial charge is 0.493 e. The molecular formula is C19H29NO3. The maximum absolute atomic E-state index is 12.3. The highest BCUT2D eigenvalue weighted by Crippen LogP contribution is 2.29. The Morgan fingerprint density at radius 3 is 2.65 bits per heavy atom. The average molecular weight is 319 g/mol. The fourth-order valence-corrected chi connectivity index (χ4v) is 2.89. The zero-order chi connectivity index (χ0) is 16.7. The first-order valence-corrected chi connectivity index (χ1v) is 8.69. The van der Waals surface area contributed by atoms with Gasteiger partial charge in [-0.2, -0.15) is 0 Å². The Morgan fingerprint density at radius 1 is 1.26 bits per heavy atom. The van der Waals surface area contributed by atoms with E-state index in [2.05, 4.69) is 19.2 Å². The van der Waals surface area contributed by atoms with Gasteiger partial charge in [0.1, 0.15) is 0 Å². The van der Waals surface area contributed by atoms with Gasteiger partial charge in [-0.15, -0.1) is 0 Å². The lowest BCUT2D eigenvalue weighted by molar-refractivity contribution is 0.0947. The SMILES string of the molecule is COc1cc(C(=O)NCC2CCCC2)ccc1OCCC(C)C. The molecule has 0 radical (unpaired) electrons. The molecule has 0 aliphatic heterocycles. The van der Waals surface area contributed by atoms with Crippen LogP contribution in [0.3, 0.4) is 0 Å². The first-order chi connectivity index (χ1) is 11.1. The minimum absolute atomic E-state index is 0.0380. The number of hydrogen-bond acceptors (Lipinski definition) is 3. The number of rotatable bonds is 8. The number of benzene rings is 1. The van der Waals surface area contributed by atoms with Crippen molar-refractivity contribution in [3.63, 3.8) is 0 Å².